The molecule has 1 N–H and O–H groups in total. The zero-order valence-corrected chi connectivity index (χ0v) is 15.4. The van der Waals surface area contributed by atoms with Crippen LogP contribution in [-0.4, -0.2) is 38.8 Å². The average Bonchev–Trinajstić information content (AvgIpc) is 2.62. The number of sulfonamides is 1. The molecule has 0 spiro atoms. The van der Waals surface area contributed by atoms with Crippen LogP contribution in [0.5, 0.6) is 5.75 Å². The summed E-state index contributed by atoms with van der Waals surface area (Å²) in [5.41, 5.74) is 0.329. The molecule has 0 unspecified atom stereocenters. The lowest BCUT2D eigenvalue weighted by atomic mass is 10.2. The molecule has 1 aromatic carbocycles. The fraction of sp³-hybridized carbons (Fsp3) is 0.389. The van der Waals surface area contributed by atoms with Gasteiger partial charge in [0, 0.05) is 19.2 Å². The highest BCUT2D eigenvalue weighted by Gasteiger charge is 2.26. The van der Waals surface area contributed by atoms with Crippen molar-refractivity contribution >= 4 is 21.6 Å². The summed E-state index contributed by atoms with van der Waals surface area (Å²) in [6, 6.07) is 4.51. The summed E-state index contributed by atoms with van der Waals surface area (Å²) < 4.78 is 32.3. The maximum absolute atomic E-state index is 12.8. The summed E-state index contributed by atoms with van der Waals surface area (Å²) in [6.07, 6.45) is 9.30. The van der Waals surface area contributed by atoms with Gasteiger partial charge < -0.3 is 10.1 Å². The van der Waals surface area contributed by atoms with Crippen molar-refractivity contribution < 1.29 is 17.9 Å². The number of benzene rings is 1. The number of ether oxygens (including phenoxy) is 1. The number of methoxy groups -OCH3 is 1. The van der Waals surface area contributed by atoms with E-state index >= 15 is 0 Å². The van der Waals surface area contributed by atoms with E-state index in [4.69, 9.17) is 4.74 Å². The molecule has 6 nitrogen and oxygen atoms in total. The molecule has 2 rings (SSSR count). The first kappa shape index (κ1) is 19.2. The monoisotopic (exact) mass is 364 g/mol. The molecule has 0 radical (unpaired) electrons. The van der Waals surface area contributed by atoms with E-state index in [1.54, 1.807) is 24.3 Å². The van der Waals surface area contributed by atoms with Gasteiger partial charge in [0.1, 0.15) is 5.75 Å². The Labute approximate surface area is 149 Å². The molecular weight excluding hydrogens is 340 g/mol. The van der Waals surface area contributed by atoms with Crippen molar-refractivity contribution in [1.82, 2.24) is 4.31 Å². The van der Waals surface area contributed by atoms with Gasteiger partial charge >= 0.3 is 0 Å². The summed E-state index contributed by atoms with van der Waals surface area (Å²) in [6.45, 7) is 2.91. The molecule has 1 saturated heterocycles. The quantitative estimate of drug-likeness (QED) is 0.622. The van der Waals surface area contributed by atoms with Gasteiger partial charge in [0.25, 0.3) is 0 Å². The second-order valence-corrected chi connectivity index (χ2v) is 7.64. The van der Waals surface area contributed by atoms with E-state index in [9.17, 15) is 13.2 Å². The summed E-state index contributed by atoms with van der Waals surface area (Å²) in [4.78, 5) is 12.1. The molecule has 1 aliphatic heterocycles. The Morgan fingerprint density at radius 1 is 1.20 bits per heavy atom. The van der Waals surface area contributed by atoms with Crippen LogP contribution in [0.15, 0.2) is 47.4 Å². The summed E-state index contributed by atoms with van der Waals surface area (Å²) in [7, 11) is -2.10. The van der Waals surface area contributed by atoms with Crippen molar-refractivity contribution in [3.05, 3.63) is 42.5 Å². The van der Waals surface area contributed by atoms with E-state index in [1.165, 1.54) is 29.6 Å². The van der Waals surface area contributed by atoms with Gasteiger partial charge in [-0.15, -0.1) is 0 Å². The maximum Gasteiger partial charge on any atom is 0.248 e. The minimum atomic E-state index is -3.57. The van der Waals surface area contributed by atoms with Crippen LogP contribution in [-0.2, 0) is 14.8 Å². The number of allylic oxidation sites excluding steroid dienone is 3. The van der Waals surface area contributed by atoms with Crippen LogP contribution in [0.2, 0.25) is 0 Å². The van der Waals surface area contributed by atoms with Crippen molar-refractivity contribution in [1.29, 1.82) is 0 Å². The standard InChI is InChI=1S/C18H24N2O4S/c1-3-4-6-9-18(21)19-16-14-15(10-11-17(16)24-2)25(22,23)20-12-7-5-8-13-20/h3-4,6,9-11,14H,5,7-8,12-13H2,1-2H3,(H,19,21). The Morgan fingerprint density at radius 2 is 1.92 bits per heavy atom. The summed E-state index contributed by atoms with van der Waals surface area (Å²) in [5, 5.41) is 2.67. The van der Waals surface area contributed by atoms with Gasteiger partial charge in [-0.2, -0.15) is 4.31 Å². The zero-order chi connectivity index (χ0) is 18.3. The molecule has 1 aromatic rings. The van der Waals surface area contributed by atoms with Crippen molar-refractivity contribution in [2.45, 2.75) is 31.1 Å². The Bertz CT molecular complexity index is 763. The van der Waals surface area contributed by atoms with Crippen molar-refractivity contribution in [3.63, 3.8) is 0 Å². The van der Waals surface area contributed by atoms with Gasteiger partial charge in [-0.05, 0) is 38.0 Å². The Balaban J connectivity index is 2.28. The predicted molar refractivity (Wildman–Crippen MR) is 98.2 cm³/mol. The van der Waals surface area contributed by atoms with Crippen LogP contribution >= 0.6 is 0 Å². The molecule has 0 aliphatic carbocycles. The maximum atomic E-state index is 12.8. The summed E-state index contributed by atoms with van der Waals surface area (Å²) >= 11 is 0. The van der Waals surface area contributed by atoms with Gasteiger partial charge in [0.2, 0.25) is 15.9 Å². The van der Waals surface area contributed by atoms with Crippen LogP contribution in [0.25, 0.3) is 0 Å². The highest BCUT2D eigenvalue weighted by atomic mass is 32.2. The largest absolute Gasteiger partial charge is 0.495 e. The normalized spacial score (nSPS) is 16.4. The first-order chi connectivity index (χ1) is 12.0. The Morgan fingerprint density at radius 3 is 2.56 bits per heavy atom. The van der Waals surface area contributed by atoms with Crippen LogP contribution in [0, 0.1) is 0 Å². The molecular formula is C18H24N2O4S. The first-order valence-electron chi connectivity index (χ1n) is 8.27. The van der Waals surface area contributed by atoms with Crippen LogP contribution in [0.3, 0.4) is 0 Å². The number of nitrogens with zero attached hydrogens (tertiary/aromatic N) is 1. The minimum absolute atomic E-state index is 0.155. The molecule has 0 atom stereocenters. The molecule has 7 heteroatoms. The number of piperidine rings is 1. The molecule has 1 amide bonds. The lowest BCUT2D eigenvalue weighted by Crippen LogP contribution is -2.35. The highest BCUT2D eigenvalue weighted by molar-refractivity contribution is 7.89. The second-order valence-electron chi connectivity index (χ2n) is 5.70. The fourth-order valence-electron chi connectivity index (χ4n) is 2.63. The van der Waals surface area contributed by atoms with Crippen molar-refractivity contribution in [2.75, 3.05) is 25.5 Å². The molecule has 0 bridgehead atoms. The fourth-order valence-corrected chi connectivity index (χ4v) is 4.17. The molecule has 0 saturated carbocycles. The number of rotatable bonds is 6. The Hall–Kier alpha value is -2.12. The molecule has 1 fully saturated rings. The van der Waals surface area contributed by atoms with E-state index in [1.807, 2.05) is 6.92 Å². The summed E-state index contributed by atoms with van der Waals surface area (Å²) in [5.74, 6) is 0.0503. The predicted octanol–water partition coefficient (Wildman–Crippen LogP) is 2.94. The van der Waals surface area contributed by atoms with Gasteiger partial charge in [0.15, 0.2) is 0 Å². The average molecular weight is 364 g/mol. The van der Waals surface area contributed by atoms with Crippen molar-refractivity contribution in [3.8, 4) is 5.75 Å². The van der Waals surface area contributed by atoms with Gasteiger partial charge in [0.05, 0.1) is 17.7 Å². The third-order valence-electron chi connectivity index (χ3n) is 3.93. The van der Waals surface area contributed by atoms with E-state index in [0.717, 1.165) is 19.3 Å². The van der Waals surface area contributed by atoms with E-state index < -0.39 is 10.0 Å². The number of nitrogens with one attached hydrogen (secondary N) is 1. The number of hydrogen-bond donors (Lipinski definition) is 1. The third-order valence-corrected chi connectivity index (χ3v) is 5.83. The van der Waals surface area contributed by atoms with Crippen molar-refractivity contribution in [2.24, 2.45) is 0 Å². The molecule has 0 aromatic heterocycles. The zero-order valence-electron chi connectivity index (χ0n) is 14.6. The van der Waals surface area contributed by atoms with Crippen LogP contribution in [0.1, 0.15) is 26.2 Å². The second kappa shape index (κ2) is 8.82. The number of amides is 1. The van der Waals surface area contributed by atoms with Gasteiger partial charge in [-0.1, -0.05) is 24.6 Å². The Kier molecular flexibility index (Phi) is 6.78. The first-order valence-corrected chi connectivity index (χ1v) is 9.71. The highest BCUT2D eigenvalue weighted by Crippen LogP contribution is 2.29. The van der Waals surface area contributed by atoms with Gasteiger partial charge in [-0.3, -0.25) is 4.79 Å². The minimum Gasteiger partial charge on any atom is -0.495 e. The van der Waals surface area contributed by atoms with E-state index in [2.05, 4.69) is 5.32 Å². The van der Waals surface area contributed by atoms with E-state index in [0.29, 0.717) is 24.5 Å². The van der Waals surface area contributed by atoms with Crippen LogP contribution < -0.4 is 10.1 Å². The van der Waals surface area contributed by atoms with Crippen LogP contribution in [0.4, 0.5) is 5.69 Å². The van der Waals surface area contributed by atoms with Gasteiger partial charge in [-0.25, -0.2) is 8.42 Å². The van der Waals surface area contributed by atoms with E-state index in [-0.39, 0.29) is 10.8 Å². The number of carbonyl (C=O) groups is 1. The molecule has 136 valence electrons. The molecule has 1 aliphatic rings. The third kappa shape index (κ3) is 4.93. The number of hydrogen-bond acceptors (Lipinski definition) is 4. The SMILES string of the molecule is CC=CC=CC(=O)Nc1cc(S(=O)(=O)N2CCCCC2)ccc1OC. The molecule has 1 heterocycles. The lowest BCUT2D eigenvalue weighted by molar-refractivity contribution is -0.111. The molecule has 25 heavy (non-hydrogen) atoms. The number of carbonyl (C=O) groups excluding carboxylic acids is 1. The lowest BCUT2D eigenvalue weighted by Gasteiger charge is -2.26. The number of anilines is 1. The smallest absolute Gasteiger partial charge is 0.248 e. The topological polar surface area (TPSA) is 75.7 Å².